The normalized spacial score (nSPS) is 10.9. The first-order valence-corrected chi connectivity index (χ1v) is 15.6. The number of ether oxygens (including phenoxy) is 2. The number of hydrogen-bond donors (Lipinski definition) is 1. The molecule has 6 heteroatoms. The van der Waals surface area contributed by atoms with Crippen molar-refractivity contribution in [3.8, 4) is 11.5 Å². The molecule has 5 nitrogen and oxygen atoms in total. The van der Waals surface area contributed by atoms with Crippen molar-refractivity contribution in [2.45, 2.75) is 97.4 Å². The van der Waals surface area contributed by atoms with Crippen LogP contribution >= 0.6 is 11.3 Å². The van der Waals surface area contributed by atoms with E-state index >= 15 is 0 Å². The van der Waals surface area contributed by atoms with E-state index in [0.717, 1.165) is 18.7 Å². The maximum Gasteiger partial charge on any atom is 0.255 e. The van der Waals surface area contributed by atoms with Gasteiger partial charge in [0.05, 0.1) is 19.1 Å². The first-order valence-electron chi connectivity index (χ1n) is 14.8. The van der Waals surface area contributed by atoms with Crippen molar-refractivity contribution >= 4 is 22.9 Å². The molecule has 39 heavy (non-hydrogen) atoms. The number of amides is 1. The van der Waals surface area contributed by atoms with Crippen molar-refractivity contribution < 1.29 is 18.8 Å². The summed E-state index contributed by atoms with van der Waals surface area (Å²) in [5.74, 6) is 1.10. The van der Waals surface area contributed by atoms with E-state index < -0.39 is 0 Å². The van der Waals surface area contributed by atoms with Gasteiger partial charge >= 0.3 is 0 Å². The number of thiazole rings is 1. The van der Waals surface area contributed by atoms with Gasteiger partial charge in [0.1, 0.15) is 0 Å². The van der Waals surface area contributed by atoms with Crippen molar-refractivity contribution in [3.05, 3.63) is 70.2 Å². The van der Waals surface area contributed by atoms with Gasteiger partial charge in [0.15, 0.2) is 24.2 Å². The second kappa shape index (κ2) is 17.7. The molecule has 0 spiro atoms. The molecule has 3 rings (SSSR count). The van der Waals surface area contributed by atoms with Crippen LogP contribution in [0.4, 0.5) is 5.69 Å². The van der Waals surface area contributed by atoms with Gasteiger partial charge in [-0.05, 0) is 36.8 Å². The second-order valence-electron chi connectivity index (χ2n) is 10.3. The zero-order valence-electron chi connectivity index (χ0n) is 24.2. The Morgan fingerprint density at radius 2 is 1.49 bits per heavy atom. The van der Waals surface area contributed by atoms with Gasteiger partial charge in [0, 0.05) is 23.7 Å². The van der Waals surface area contributed by atoms with Crippen LogP contribution in [0.25, 0.3) is 0 Å². The average molecular weight is 552 g/mol. The average Bonchev–Trinajstić information content (AvgIpc) is 3.36. The summed E-state index contributed by atoms with van der Waals surface area (Å²) < 4.78 is 13.7. The van der Waals surface area contributed by atoms with Gasteiger partial charge in [-0.1, -0.05) is 101 Å². The maximum absolute atomic E-state index is 12.9. The molecule has 0 aliphatic carbocycles. The molecule has 0 saturated heterocycles. The van der Waals surface area contributed by atoms with Crippen LogP contribution in [-0.4, -0.2) is 19.6 Å². The highest BCUT2D eigenvalue weighted by molar-refractivity contribution is 7.09. The Bertz CT molecular complexity index is 1110. The maximum atomic E-state index is 12.9. The SMILES string of the molecule is CCCCCCCCCCCCCCOc1cc(C(=O)Nc2ccc(C[n+]3ccsc3C)cc2)ccc1OC. The number of carbonyl (C=O) groups is 1. The lowest BCUT2D eigenvalue weighted by molar-refractivity contribution is -0.689. The van der Waals surface area contributed by atoms with Crippen LogP contribution in [-0.2, 0) is 6.54 Å². The fraction of sp³-hybridized carbons (Fsp3) is 0.515. The highest BCUT2D eigenvalue weighted by atomic mass is 32.1. The largest absolute Gasteiger partial charge is 0.493 e. The molecule has 0 unspecified atom stereocenters. The number of methoxy groups -OCH3 is 1. The number of carbonyl (C=O) groups excluding carboxylic acids is 1. The number of rotatable bonds is 19. The highest BCUT2D eigenvalue weighted by Crippen LogP contribution is 2.29. The van der Waals surface area contributed by atoms with E-state index in [9.17, 15) is 4.79 Å². The van der Waals surface area contributed by atoms with Gasteiger partial charge in [-0.3, -0.25) is 4.79 Å². The van der Waals surface area contributed by atoms with E-state index in [4.69, 9.17) is 9.47 Å². The fourth-order valence-electron chi connectivity index (χ4n) is 4.69. The molecule has 0 saturated carbocycles. The summed E-state index contributed by atoms with van der Waals surface area (Å²) in [4.78, 5) is 12.9. The van der Waals surface area contributed by atoms with E-state index in [1.54, 1.807) is 36.6 Å². The second-order valence-corrected chi connectivity index (χ2v) is 11.4. The molecular formula is C33H47N2O3S+. The quantitative estimate of drug-likeness (QED) is 0.120. The molecule has 1 aromatic heterocycles. The number of aromatic nitrogens is 1. The Kier molecular flexibility index (Phi) is 13.9. The molecular weight excluding hydrogens is 504 g/mol. The molecule has 0 fully saturated rings. The van der Waals surface area contributed by atoms with Crippen molar-refractivity contribution in [2.24, 2.45) is 0 Å². The van der Waals surface area contributed by atoms with Crippen LogP contribution in [0.15, 0.2) is 54.0 Å². The molecule has 1 heterocycles. The van der Waals surface area contributed by atoms with Gasteiger partial charge in [-0.15, -0.1) is 0 Å². The molecule has 1 amide bonds. The smallest absolute Gasteiger partial charge is 0.255 e. The Labute approximate surface area is 239 Å². The van der Waals surface area contributed by atoms with Gasteiger partial charge in [-0.25, -0.2) is 0 Å². The van der Waals surface area contributed by atoms with E-state index in [1.165, 1.54) is 81.2 Å². The molecule has 0 aliphatic rings. The summed E-state index contributed by atoms with van der Waals surface area (Å²) in [6.45, 7) is 5.83. The van der Waals surface area contributed by atoms with Crippen LogP contribution in [0, 0.1) is 6.92 Å². The summed E-state index contributed by atoms with van der Waals surface area (Å²) in [5.41, 5.74) is 2.51. The minimum absolute atomic E-state index is 0.163. The van der Waals surface area contributed by atoms with Crippen LogP contribution in [0.5, 0.6) is 11.5 Å². The van der Waals surface area contributed by atoms with Gasteiger partial charge in [-0.2, -0.15) is 4.57 Å². The van der Waals surface area contributed by atoms with Crippen molar-refractivity contribution in [3.63, 3.8) is 0 Å². The Balaban J connectivity index is 1.37. The van der Waals surface area contributed by atoms with Gasteiger partial charge in [0.25, 0.3) is 5.91 Å². The first kappa shape index (κ1) is 30.7. The molecule has 0 aliphatic heterocycles. The highest BCUT2D eigenvalue weighted by Gasteiger charge is 2.13. The molecule has 2 aromatic carbocycles. The van der Waals surface area contributed by atoms with E-state index in [2.05, 4.69) is 47.4 Å². The third kappa shape index (κ3) is 11.0. The summed E-state index contributed by atoms with van der Waals surface area (Å²) in [5, 5.41) is 6.36. The lowest BCUT2D eigenvalue weighted by Gasteiger charge is -2.13. The van der Waals surface area contributed by atoms with Crippen LogP contribution < -0.4 is 19.4 Å². The molecule has 0 radical (unpaired) electrons. The Morgan fingerprint density at radius 3 is 2.08 bits per heavy atom. The predicted octanol–water partition coefficient (Wildman–Crippen LogP) is 8.73. The zero-order chi connectivity index (χ0) is 27.7. The summed E-state index contributed by atoms with van der Waals surface area (Å²) in [6, 6.07) is 13.4. The number of aryl methyl sites for hydroxylation is 1. The van der Waals surface area contributed by atoms with Gasteiger partial charge < -0.3 is 14.8 Å². The first-order chi connectivity index (χ1) is 19.1. The Hall–Kier alpha value is -2.86. The number of nitrogens with one attached hydrogen (secondary N) is 1. The summed E-state index contributed by atoms with van der Waals surface area (Å²) in [7, 11) is 1.63. The van der Waals surface area contributed by atoms with E-state index in [1.807, 2.05) is 12.1 Å². The van der Waals surface area contributed by atoms with Crippen LogP contribution in [0.2, 0.25) is 0 Å². The number of anilines is 1. The third-order valence-electron chi connectivity index (χ3n) is 7.13. The minimum atomic E-state index is -0.163. The van der Waals surface area contributed by atoms with Crippen molar-refractivity contribution in [2.75, 3.05) is 19.0 Å². The summed E-state index contributed by atoms with van der Waals surface area (Å²) in [6.07, 6.45) is 17.8. The monoisotopic (exact) mass is 551 g/mol. The molecule has 0 atom stereocenters. The predicted molar refractivity (Wildman–Crippen MR) is 162 cm³/mol. The van der Waals surface area contributed by atoms with Gasteiger partial charge in [0.2, 0.25) is 5.01 Å². The molecule has 3 aromatic rings. The molecule has 0 bridgehead atoms. The zero-order valence-corrected chi connectivity index (χ0v) is 25.0. The van der Waals surface area contributed by atoms with Crippen LogP contribution in [0.1, 0.15) is 105 Å². The van der Waals surface area contributed by atoms with Crippen molar-refractivity contribution in [1.82, 2.24) is 0 Å². The van der Waals surface area contributed by atoms with Crippen LogP contribution in [0.3, 0.4) is 0 Å². The molecule has 1 N–H and O–H groups in total. The van der Waals surface area contributed by atoms with Crippen molar-refractivity contribution in [1.29, 1.82) is 0 Å². The standard InChI is InChI=1S/C33H46N2O3S/c1-4-5-6-7-8-9-10-11-12-13-14-15-23-38-32-25-29(18-21-31(32)37-3)33(36)34-30-19-16-28(17-20-30)26-35-22-24-39-27(35)2/h16-22,24-25H,4-15,23,26H2,1-3H3/p+1. The van der Waals surface area contributed by atoms with E-state index in [0.29, 0.717) is 23.7 Å². The number of nitrogens with zero attached hydrogens (tertiary/aromatic N) is 1. The Morgan fingerprint density at radius 1 is 0.846 bits per heavy atom. The van der Waals surface area contributed by atoms with E-state index in [-0.39, 0.29) is 5.91 Å². The lowest BCUT2D eigenvalue weighted by Crippen LogP contribution is -2.34. The molecule has 212 valence electrons. The third-order valence-corrected chi connectivity index (χ3v) is 7.96. The minimum Gasteiger partial charge on any atom is -0.493 e. The topological polar surface area (TPSA) is 51.4 Å². The number of unbranched alkanes of at least 4 members (excludes halogenated alkanes) is 11. The summed E-state index contributed by atoms with van der Waals surface area (Å²) >= 11 is 1.74. The lowest BCUT2D eigenvalue weighted by atomic mass is 10.1. The number of hydrogen-bond acceptors (Lipinski definition) is 4. The fourth-order valence-corrected chi connectivity index (χ4v) is 5.35. The number of benzene rings is 2.